The fraction of sp³-hybridized carbons (Fsp3) is 0.364. The first-order chi connectivity index (χ1) is 6.22. The number of nitrogens with zero attached hydrogens (tertiary/aromatic N) is 1. The molecular formula is C11H14NO+. The monoisotopic (exact) mass is 176 g/mol. The Kier molecular flexibility index (Phi) is 1.83. The Morgan fingerprint density at radius 1 is 1.38 bits per heavy atom. The largest absolute Gasteiger partial charge is 0.429 e. The van der Waals surface area contributed by atoms with Crippen LogP contribution in [0.25, 0.3) is 0 Å². The highest BCUT2D eigenvalue weighted by molar-refractivity contribution is 5.59. The minimum atomic E-state index is 0.649. The van der Waals surface area contributed by atoms with Gasteiger partial charge >= 0.3 is 0 Å². The molecule has 0 atom stereocenters. The van der Waals surface area contributed by atoms with E-state index >= 15 is 0 Å². The van der Waals surface area contributed by atoms with Gasteiger partial charge in [-0.3, -0.25) is 0 Å². The summed E-state index contributed by atoms with van der Waals surface area (Å²) in [5.74, 6) is 1.03. The molecule has 0 saturated carbocycles. The third kappa shape index (κ3) is 1.22. The van der Waals surface area contributed by atoms with Gasteiger partial charge in [-0.05, 0) is 25.0 Å². The maximum atomic E-state index is 5.58. The second-order valence-corrected chi connectivity index (χ2v) is 3.43. The van der Waals surface area contributed by atoms with E-state index in [1.54, 1.807) is 0 Å². The molecule has 0 saturated heterocycles. The molecular weight excluding hydrogens is 162 g/mol. The van der Waals surface area contributed by atoms with Crippen molar-refractivity contribution in [1.82, 2.24) is 0 Å². The van der Waals surface area contributed by atoms with E-state index in [1.165, 1.54) is 16.8 Å². The van der Waals surface area contributed by atoms with Crippen molar-refractivity contribution in [1.29, 1.82) is 0 Å². The molecule has 13 heavy (non-hydrogen) atoms. The lowest BCUT2D eigenvalue weighted by Crippen LogP contribution is -2.03. The molecule has 0 N–H and O–H groups in total. The topological polar surface area (TPSA) is 12.2 Å². The van der Waals surface area contributed by atoms with Gasteiger partial charge < -0.3 is 4.74 Å². The van der Waals surface area contributed by atoms with E-state index in [2.05, 4.69) is 30.6 Å². The summed E-state index contributed by atoms with van der Waals surface area (Å²) >= 11 is 0. The zero-order valence-corrected chi connectivity index (χ0v) is 8.29. The van der Waals surface area contributed by atoms with Crippen LogP contribution in [-0.2, 0) is 0 Å². The molecule has 1 aromatic carbocycles. The third-order valence-corrected chi connectivity index (χ3v) is 2.37. The van der Waals surface area contributed by atoms with Crippen LogP contribution >= 0.6 is 0 Å². The van der Waals surface area contributed by atoms with Crippen molar-refractivity contribution in [3.05, 3.63) is 23.3 Å². The Bertz CT molecular complexity index is 380. The highest BCUT2D eigenvalue weighted by Gasteiger charge is 2.25. The summed E-state index contributed by atoms with van der Waals surface area (Å²) in [5, 5.41) is 0. The Balaban J connectivity index is 2.64. The van der Waals surface area contributed by atoms with Crippen molar-refractivity contribution in [2.45, 2.75) is 20.8 Å². The van der Waals surface area contributed by atoms with Crippen LogP contribution in [-0.4, -0.2) is 17.5 Å². The summed E-state index contributed by atoms with van der Waals surface area (Å²) in [6, 6.07) is 4.31. The molecule has 2 heteroatoms. The summed E-state index contributed by atoms with van der Waals surface area (Å²) in [5.41, 5.74) is 3.70. The SMILES string of the molecule is C/C=[N+]1/COc2c(C)cc(C)cc21. The number of benzene rings is 1. The lowest BCUT2D eigenvalue weighted by molar-refractivity contribution is -0.453. The summed E-state index contributed by atoms with van der Waals surface area (Å²) in [4.78, 5) is 0. The van der Waals surface area contributed by atoms with Crippen molar-refractivity contribution < 1.29 is 9.31 Å². The number of ether oxygens (including phenoxy) is 1. The molecule has 2 rings (SSSR count). The second-order valence-electron chi connectivity index (χ2n) is 3.43. The molecule has 2 nitrogen and oxygen atoms in total. The Morgan fingerprint density at radius 2 is 2.15 bits per heavy atom. The van der Waals surface area contributed by atoms with E-state index in [9.17, 15) is 0 Å². The third-order valence-electron chi connectivity index (χ3n) is 2.37. The fourth-order valence-electron chi connectivity index (χ4n) is 1.75. The van der Waals surface area contributed by atoms with Gasteiger partial charge in [-0.2, -0.15) is 4.58 Å². The smallest absolute Gasteiger partial charge is 0.292 e. The Morgan fingerprint density at radius 3 is 2.85 bits per heavy atom. The van der Waals surface area contributed by atoms with E-state index < -0.39 is 0 Å². The van der Waals surface area contributed by atoms with Crippen molar-refractivity contribution in [3.63, 3.8) is 0 Å². The van der Waals surface area contributed by atoms with Crippen LogP contribution in [0.4, 0.5) is 5.69 Å². The molecule has 1 aliphatic heterocycles. The molecule has 0 amide bonds. The van der Waals surface area contributed by atoms with Gasteiger partial charge in [-0.1, -0.05) is 6.07 Å². The van der Waals surface area contributed by atoms with Crippen molar-refractivity contribution in [2.75, 3.05) is 6.73 Å². The van der Waals surface area contributed by atoms with Gasteiger partial charge in [0, 0.05) is 13.0 Å². The average molecular weight is 176 g/mol. The molecule has 1 aromatic rings. The van der Waals surface area contributed by atoms with Gasteiger partial charge in [0.15, 0.2) is 0 Å². The van der Waals surface area contributed by atoms with E-state index in [1.807, 2.05) is 13.1 Å². The van der Waals surface area contributed by atoms with Crippen LogP contribution in [0.3, 0.4) is 0 Å². The number of aryl methyl sites for hydroxylation is 2. The maximum absolute atomic E-state index is 5.58. The molecule has 0 spiro atoms. The van der Waals surface area contributed by atoms with Gasteiger partial charge in [0.05, 0.1) is 0 Å². The van der Waals surface area contributed by atoms with Crippen LogP contribution in [0, 0.1) is 13.8 Å². The zero-order valence-electron chi connectivity index (χ0n) is 8.29. The summed E-state index contributed by atoms with van der Waals surface area (Å²) in [7, 11) is 0. The Labute approximate surface area is 78.5 Å². The van der Waals surface area contributed by atoms with Crippen molar-refractivity contribution in [3.8, 4) is 5.75 Å². The van der Waals surface area contributed by atoms with Crippen LogP contribution in [0.2, 0.25) is 0 Å². The minimum absolute atomic E-state index is 0.649. The van der Waals surface area contributed by atoms with Gasteiger partial charge in [-0.25, -0.2) is 0 Å². The van der Waals surface area contributed by atoms with E-state index in [0.717, 1.165) is 5.75 Å². The first kappa shape index (κ1) is 8.30. The maximum Gasteiger partial charge on any atom is 0.292 e. The van der Waals surface area contributed by atoms with Crippen molar-refractivity contribution >= 4 is 11.9 Å². The van der Waals surface area contributed by atoms with E-state index in [-0.39, 0.29) is 0 Å². The molecule has 1 heterocycles. The van der Waals surface area contributed by atoms with Gasteiger partial charge in [-0.15, -0.1) is 0 Å². The van der Waals surface area contributed by atoms with E-state index in [4.69, 9.17) is 4.74 Å². The second kappa shape index (κ2) is 2.87. The highest BCUT2D eigenvalue weighted by Crippen LogP contribution is 2.36. The zero-order chi connectivity index (χ0) is 9.42. The van der Waals surface area contributed by atoms with Gasteiger partial charge in [0.25, 0.3) is 12.4 Å². The van der Waals surface area contributed by atoms with Crippen molar-refractivity contribution in [2.24, 2.45) is 0 Å². The summed E-state index contributed by atoms with van der Waals surface area (Å²) < 4.78 is 7.70. The van der Waals surface area contributed by atoms with Gasteiger partial charge in [0.1, 0.15) is 6.21 Å². The lowest BCUT2D eigenvalue weighted by Gasteiger charge is -1.98. The van der Waals surface area contributed by atoms with E-state index in [0.29, 0.717) is 6.73 Å². The first-order valence-electron chi connectivity index (χ1n) is 4.52. The predicted molar refractivity (Wildman–Crippen MR) is 53.1 cm³/mol. The molecule has 0 unspecified atom stereocenters. The average Bonchev–Trinajstić information content (AvgIpc) is 2.47. The summed E-state index contributed by atoms with van der Waals surface area (Å²) in [6.07, 6.45) is 2.05. The molecule has 0 radical (unpaired) electrons. The number of fused-ring (bicyclic) bond motifs is 1. The fourth-order valence-corrected chi connectivity index (χ4v) is 1.75. The predicted octanol–water partition coefficient (Wildman–Crippen LogP) is 2.39. The Hall–Kier alpha value is -1.31. The van der Waals surface area contributed by atoms with Crippen LogP contribution in [0.1, 0.15) is 18.1 Å². The van der Waals surface area contributed by atoms with Crippen LogP contribution < -0.4 is 4.74 Å². The molecule has 0 fully saturated rings. The normalized spacial score (nSPS) is 17.3. The first-order valence-corrected chi connectivity index (χ1v) is 4.52. The number of hydrogen-bond donors (Lipinski definition) is 0. The quantitative estimate of drug-likeness (QED) is 0.553. The number of hydrogen-bond acceptors (Lipinski definition) is 1. The molecule has 1 aliphatic rings. The van der Waals surface area contributed by atoms with Crippen LogP contribution in [0.5, 0.6) is 5.75 Å². The molecule has 0 aromatic heterocycles. The van der Waals surface area contributed by atoms with Crippen LogP contribution in [0.15, 0.2) is 12.1 Å². The minimum Gasteiger partial charge on any atom is -0.429 e. The highest BCUT2D eigenvalue weighted by atomic mass is 16.5. The molecule has 68 valence electrons. The standard InChI is InChI=1S/C11H14NO/c1-4-12-7-13-11-9(3)5-8(2)6-10(11)12/h4-6H,7H2,1-3H3/q+1/b12-4-. The molecule has 0 aliphatic carbocycles. The molecule has 0 bridgehead atoms. The number of rotatable bonds is 0. The lowest BCUT2D eigenvalue weighted by atomic mass is 10.1. The van der Waals surface area contributed by atoms with Gasteiger partial charge in [0.2, 0.25) is 5.75 Å². The summed E-state index contributed by atoms with van der Waals surface area (Å²) in [6.45, 7) is 6.87.